The predicted octanol–water partition coefficient (Wildman–Crippen LogP) is 1.52. The van der Waals surface area contributed by atoms with Gasteiger partial charge in [0.25, 0.3) is 5.69 Å². The van der Waals surface area contributed by atoms with Crippen molar-refractivity contribution in [1.82, 2.24) is 0 Å². The highest BCUT2D eigenvalue weighted by molar-refractivity contribution is 7.27. The van der Waals surface area contributed by atoms with Crippen LogP contribution in [0.5, 0.6) is 0 Å². The fraction of sp³-hybridized carbons (Fsp3) is 0. The van der Waals surface area contributed by atoms with Gasteiger partial charge in [0, 0.05) is 11.4 Å². The lowest BCUT2D eigenvalue weighted by Crippen LogP contribution is -1.99. The van der Waals surface area contributed by atoms with E-state index in [-0.39, 0.29) is 18.1 Å². The highest BCUT2D eigenvalue weighted by Gasteiger charge is 2.06. The molecule has 0 fully saturated rings. The molecule has 0 aliphatic carbocycles. The Hall–Kier alpha value is -0.660. The summed E-state index contributed by atoms with van der Waals surface area (Å²) in [4.78, 5) is 9.81. The molecule has 0 radical (unpaired) electrons. The van der Waals surface area contributed by atoms with E-state index in [2.05, 4.69) is 9.24 Å². The lowest BCUT2D eigenvalue weighted by Gasteiger charge is -1.92. The molecule has 0 heterocycles. The molecule has 0 amide bonds. The molecule has 1 rings (SSSR count). The normalized spacial score (nSPS) is 8.45. The van der Waals surface area contributed by atoms with Crippen LogP contribution < -0.4 is 5.30 Å². The van der Waals surface area contributed by atoms with E-state index in [0.29, 0.717) is 5.30 Å². The summed E-state index contributed by atoms with van der Waals surface area (Å²) >= 11 is 0. The lowest BCUT2D eigenvalue weighted by atomic mass is 10.3. The van der Waals surface area contributed by atoms with Gasteiger partial charge in [0.2, 0.25) is 0 Å². The van der Waals surface area contributed by atoms with Crippen LogP contribution in [-0.2, 0) is 0 Å². The van der Waals surface area contributed by atoms with E-state index in [1.165, 1.54) is 6.07 Å². The van der Waals surface area contributed by atoms with Crippen LogP contribution in [0.4, 0.5) is 5.69 Å². The van der Waals surface area contributed by atoms with Crippen molar-refractivity contribution in [2.75, 3.05) is 0 Å². The Morgan fingerprint density at radius 2 is 1.91 bits per heavy atom. The number of para-hydroxylation sites is 1. The van der Waals surface area contributed by atoms with Gasteiger partial charge in [-0.25, -0.2) is 0 Å². The van der Waals surface area contributed by atoms with Gasteiger partial charge in [-0.05, 0) is 6.07 Å². The molecule has 5 heteroatoms. The van der Waals surface area contributed by atoms with Gasteiger partial charge in [-0.15, -0.1) is 12.4 Å². The molecule has 60 valence electrons. The lowest BCUT2D eigenvalue weighted by molar-refractivity contribution is -0.383. The zero-order valence-electron chi connectivity index (χ0n) is 5.56. The molecule has 1 atom stereocenters. The number of hydrogen-bond donors (Lipinski definition) is 0. The van der Waals surface area contributed by atoms with Crippen LogP contribution in [0.15, 0.2) is 24.3 Å². The smallest absolute Gasteiger partial charge is 0.258 e. The molecule has 0 aromatic heterocycles. The largest absolute Gasteiger partial charge is 0.276 e. The van der Waals surface area contributed by atoms with E-state index in [4.69, 9.17) is 0 Å². The highest BCUT2D eigenvalue weighted by Crippen LogP contribution is 2.08. The average molecular weight is 192 g/mol. The van der Waals surface area contributed by atoms with Crippen LogP contribution in [-0.4, -0.2) is 4.92 Å². The molecular weight excluding hydrogens is 184 g/mol. The summed E-state index contributed by atoms with van der Waals surface area (Å²) in [5.74, 6) is 0. The second-order valence-corrected chi connectivity index (χ2v) is 2.44. The van der Waals surface area contributed by atoms with Crippen LogP contribution in [0.25, 0.3) is 0 Å². The zero-order chi connectivity index (χ0) is 7.56. The van der Waals surface area contributed by atoms with Gasteiger partial charge >= 0.3 is 0 Å². The number of hydrogen-bond acceptors (Lipinski definition) is 2. The van der Waals surface area contributed by atoms with Crippen molar-refractivity contribution < 1.29 is 4.92 Å². The fourth-order valence-corrected chi connectivity index (χ4v) is 0.967. The van der Waals surface area contributed by atoms with Crippen molar-refractivity contribution in [3.8, 4) is 0 Å². The second kappa shape index (κ2) is 4.27. The Balaban J connectivity index is 0.000001000. The van der Waals surface area contributed by atoms with Crippen molar-refractivity contribution in [3.05, 3.63) is 34.4 Å². The Kier molecular flexibility index (Phi) is 4.01. The maximum absolute atomic E-state index is 10.2. The summed E-state index contributed by atoms with van der Waals surface area (Å²) in [7, 11) is 2.31. The van der Waals surface area contributed by atoms with Crippen molar-refractivity contribution in [3.63, 3.8) is 0 Å². The van der Waals surface area contributed by atoms with E-state index < -0.39 is 4.92 Å². The molecular formula is C6H7ClNO2P. The van der Waals surface area contributed by atoms with E-state index >= 15 is 0 Å². The van der Waals surface area contributed by atoms with Gasteiger partial charge in [-0.1, -0.05) is 21.4 Å². The maximum Gasteiger partial charge on any atom is 0.276 e. The molecule has 1 aromatic rings. The van der Waals surface area contributed by atoms with Crippen LogP contribution in [0.1, 0.15) is 0 Å². The van der Waals surface area contributed by atoms with Crippen molar-refractivity contribution in [2.45, 2.75) is 0 Å². The Morgan fingerprint density at radius 1 is 1.36 bits per heavy atom. The van der Waals surface area contributed by atoms with E-state index in [1.54, 1.807) is 18.2 Å². The fourth-order valence-electron chi connectivity index (χ4n) is 0.654. The molecule has 0 bridgehead atoms. The predicted molar refractivity (Wildman–Crippen MR) is 49.7 cm³/mol. The summed E-state index contributed by atoms with van der Waals surface area (Å²) in [6.45, 7) is 0. The zero-order valence-corrected chi connectivity index (χ0v) is 7.53. The first-order valence-electron chi connectivity index (χ1n) is 2.70. The minimum absolute atomic E-state index is 0. The van der Waals surface area contributed by atoms with E-state index in [1.807, 2.05) is 0 Å². The highest BCUT2D eigenvalue weighted by atomic mass is 35.5. The molecule has 0 N–H and O–H groups in total. The molecule has 3 nitrogen and oxygen atoms in total. The van der Waals surface area contributed by atoms with Crippen LogP contribution in [0.3, 0.4) is 0 Å². The molecule has 1 unspecified atom stereocenters. The van der Waals surface area contributed by atoms with E-state index in [0.717, 1.165) is 0 Å². The molecule has 1 aromatic carbocycles. The second-order valence-electron chi connectivity index (χ2n) is 1.82. The number of rotatable bonds is 1. The Labute approximate surface area is 72.6 Å². The summed E-state index contributed by atoms with van der Waals surface area (Å²) in [5.41, 5.74) is 0.146. The minimum atomic E-state index is -0.400. The summed E-state index contributed by atoms with van der Waals surface area (Å²) in [5, 5.41) is 10.8. The van der Waals surface area contributed by atoms with Crippen LogP contribution >= 0.6 is 21.6 Å². The summed E-state index contributed by atoms with van der Waals surface area (Å²) in [6.07, 6.45) is 0. The van der Waals surface area contributed by atoms with Gasteiger partial charge < -0.3 is 0 Å². The Bertz CT molecular complexity index is 267. The number of halogens is 1. The SMILES string of the molecule is Cl.O=[N+]([O-])c1ccccc1P. The van der Waals surface area contributed by atoms with Gasteiger partial charge in [-0.2, -0.15) is 0 Å². The van der Waals surface area contributed by atoms with Gasteiger partial charge in [0.15, 0.2) is 0 Å². The first-order valence-corrected chi connectivity index (χ1v) is 3.28. The average Bonchev–Trinajstić information content (AvgIpc) is 1.88. The van der Waals surface area contributed by atoms with E-state index in [9.17, 15) is 10.1 Å². The molecule has 0 spiro atoms. The number of nitro benzene ring substituents is 1. The third-order valence-corrected chi connectivity index (χ3v) is 1.62. The first kappa shape index (κ1) is 10.3. The van der Waals surface area contributed by atoms with Crippen LogP contribution in [0, 0.1) is 10.1 Å². The maximum atomic E-state index is 10.2. The third-order valence-electron chi connectivity index (χ3n) is 1.13. The van der Waals surface area contributed by atoms with Crippen molar-refractivity contribution in [1.29, 1.82) is 0 Å². The topological polar surface area (TPSA) is 43.1 Å². The number of benzene rings is 1. The van der Waals surface area contributed by atoms with Gasteiger partial charge in [0.05, 0.1) is 4.92 Å². The van der Waals surface area contributed by atoms with Crippen LogP contribution in [0.2, 0.25) is 0 Å². The van der Waals surface area contributed by atoms with Gasteiger partial charge in [-0.3, -0.25) is 10.1 Å². The number of nitrogens with zero attached hydrogens (tertiary/aromatic N) is 1. The monoisotopic (exact) mass is 191 g/mol. The molecule has 0 saturated carbocycles. The Morgan fingerprint density at radius 3 is 2.27 bits per heavy atom. The van der Waals surface area contributed by atoms with Crippen molar-refractivity contribution in [2.24, 2.45) is 0 Å². The standard InChI is InChI=1S/C6H6NO2P.ClH/c8-7(9)5-3-1-2-4-6(5)10;/h1-4H,10H2;1H. The quantitative estimate of drug-likeness (QED) is 0.384. The first-order chi connectivity index (χ1) is 4.72. The molecule has 0 saturated heterocycles. The third kappa shape index (κ3) is 2.45. The van der Waals surface area contributed by atoms with Crippen molar-refractivity contribution >= 4 is 32.6 Å². The summed E-state index contributed by atoms with van der Waals surface area (Å²) < 4.78 is 0. The molecule has 0 aliphatic heterocycles. The minimum Gasteiger partial charge on any atom is -0.258 e. The molecule has 11 heavy (non-hydrogen) atoms. The van der Waals surface area contributed by atoms with Gasteiger partial charge in [0.1, 0.15) is 0 Å². The summed E-state index contributed by atoms with van der Waals surface area (Å²) in [6, 6.07) is 6.56. The number of nitro groups is 1. The molecule has 0 aliphatic rings.